The van der Waals surface area contributed by atoms with Crippen molar-refractivity contribution in [2.45, 2.75) is 6.43 Å². The third-order valence-corrected chi connectivity index (χ3v) is 3.44. The molecule has 0 unspecified atom stereocenters. The van der Waals surface area contributed by atoms with Gasteiger partial charge in [0.15, 0.2) is 6.61 Å². The molecule has 1 rings (SSSR count). The number of benzene rings is 1. The van der Waals surface area contributed by atoms with Gasteiger partial charge in [0, 0.05) is 11.0 Å². The van der Waals surface area contributed by atoms with Gasteiger partial charge in [0.1, 0.15) is 5.75 Å². The number of nitrogens with zero attached hydrogens (tertiary/aromatic N) is 1. The normalized spacial score (nSPS) is 10.7. The zero-order chi connectivity index (χ0) is 15.1. The van der Waals surface area contributed by atoms with E-state index in [4.69, 9.17) is 9.84 Å². The number of rotatable bonds is 7. The van der Waals surface area contributed by atoms with Crippen LogP contribution in [-0.2, 0) is 4.79 Å². The van der Waals surface area contributed by atoms with Crippen LogP contribution in [0, 0.1) is 0 Å². The molecule has 0 spiro atoms. The molecule has 4 nitrogen and oxygen atoms in total. The summed E-state index contributed by atoms with van der Waals surface area (Å²) in [6, 6.07) is 5.12. The van der Waals surface area contributed by atoms with E-state index < -0.39 is 18.9 Å². The van der Waals surface area contributed by atoms with Gasteiger partial charge in [-0.2, -0.15) is 0 Å². The monoisotopic (exact) mass is 415 g/mol. The van der Waals surface area contributed by atoms with E-state index in [0.29, 0.717) is 10.2 Å². The van der Waals surface area contributed by atoms with Crippen molar-refractivity contribution in [3.8, 4) is 5.75 Å². The van der Waals surface area contributed by atoms with Crippen LogP contribution in [-0.4, -0.2) is 48.6 Å². The summed E-state index contributed by atoms with van der Waals surface area (Å²) < 4.78 is 31.4. The quantitative estimate of drug-likeness (QED) is 0.743. The summed E-state index contributed by atoms with van der Waals surface area (Å²) in [5.41, 5.74) is 0. The molecule has 1 aromatic carbocycles. The molecule has 0 heterocycles. The highest BCUT2D eigenvalue weighted by atomic mass is 79.9. The van der Waals surface area contributed by atoms with Crippen LogP contribution in [0.15, 0.2) is 27.1 Å². The van der Waals surface area contributed by atoms with Crippen molar-refractivity contribution in [1.82, 2.24) is 4.90 Å². The highest BCUT2D eigenvalue weighted by Gasteiger charge is 2.18. The largest absolute Gasteiger partial charge is 0.483 e. The molecule has 112 valence electrons. The predicted molar refractivity (Wildman–Crippen MR) is 77.0 cm³/mol. The Morgan fingerprint density at radius 2 is 2.10 bits per heavy atom. The molecule has 0 aliphatic carbocycles. The van der Waals surface area contributed by atoms with Gasteiger partial charge in [0.25, 0.3) is 12.3 Å². The molecule has 0 saturated carbocycles. The maximum atomic E-state index is 12.3. The molecule has 1 amide bonds. The molecule has 1 N–H and O–H groups in total. The van der Waals surface area contributed by atoms with Crippen molar-refractivity contribution in [2.75, 3.05) is 26.3 Å². The molecule has 0 bridgehead atoms. The Kier molecular flexibility index (Phi) is 7.39. The Balaban J connectivity index is 2.59. The van der Waals surface area contributed by atoms with E-state index >= 15 is 0 Å². The molecule has 1 aromatic rings. The van der Waals surface area contributed by atoms with Crippen LogP contribution < -0.4 is 4.74 Å². The topological polar surface area (TPSA) is 49.8 Å². The van der Waals surface area contributed by atoms with Gasteiger partial charge in [-0.1, -0.05) is 15.9 Å². The van der Waals surface area contributed by atoms with Gasteiger partial charge < -0.3 is 14.7 Å². The smallest absolute Gasteiger partial charge is 0.260 e. The standard InChI is InChI=1S/C12H13Br2F2NO3/c13-8-1-2-10(9(14)5-8)20-7-12(19)17(3-4-18)6-11(15)16/h1-2,5,11,18H,3-4,6-7H2. The van der Waals surface area contributed by atoms with Crippen molar-refractivity contribution in [2.24, 2.45) is 0 Å². The summed E-state index contributed by atoms with van der Waals surface area (Å²) in [4.78, 5) is 12.6. The Labute approximate surface area is 132 Å². The number of aliphatic hydroxyl groups excluding tert-OH is 1. The van der Waals surface area contributed by atoms with Gasteiger partial charge in [0.05, 0.1) is 17.6 Å². The fourth-order valence-electron chi connectivity index (χ4n) is 1.43. The Morgan fingerprint density at radius 1 is 1.40 bits per heavy atom. The lowest BCUT2D eigenvalue weighted by atomic mass is 10.3. The van der Waals surface area contributed by atoms with Crippen LogP contribution in [0.1, 0.15) is 0 Å². The first-order valence-corrected chi connectivity index (χ1v) is 7.27. The second-order valence-corrected chi connectivity index (χ2v) is 5.59. The first-order valence-electron chi connectivity index (χ1n) is 5.68. The van der Waals surface area contributed by atoms with Gasteiger partial charge in [-0.3, -0.25) is 4.79 Å². The SMILES string of the molecule is O=C(COc1ccc(Br)cc1Br)N(CCO)CC(F)F. The second kappa shape index (κ2) is 8.53. The van der Waals surface area contributed by atoms with Gasteiger partial charge in [0.2, 0.25) is 0 Å². The lowest BCUT2D eigenvalue weighted by Crippen LogP contribution is -2.40. The summed E-state index contributed by atoms with van der Waals surface area (Å²) in [5.74, 6) is -0.170. The molecule has 0 aromatic heterocycles. The summed E-state index contributed by atoms with van der Waals surface area (Å²) in [6.07, 6.45) is -2.65. The number of hydrogen-bond donors (Lipinski definition) is 1. The van der Waals surface area contributed by atoms with E-state index in [1.807, 2.05) is 0 Å². The third kappa shape index (κ3) is 5.72. The van der Waals surface area contributed by atoms with Crippen molar-refractivity contribution < 1.29 is 23.4 Å². The summed E-state index contributed by atoms with van der Waals surface area (Å²) >= 11 is 6.54. The lowest BCUT2D eigenvalue weighted by molar-refractivity contribution is -0.135. The summed E-state index contributed by atoms with van der Waals surface area (Å²) in [6.45, 7) is -1.61. The predicted octanol–water partition coefficient (Wildman–Crippen LogP) is 2.68. The minimum atomic E-state index is -2.65. The molecule has 0 saturated heterocycles. The van der Waals surface area contributed by atoms with Crippen molar-refractivity contribution in [1.29, 1.82) is 0 Å². The third-order valence-electron chi connectivity index (χ3n) is 2.33. The zero-order valence-corrected chi connectivity index (χ0v) is 13.5. The number of ether oxygens (including phenoxy) is 1. The van der Waals surface area contributed by atoms with Crippen LogP contribution in [0.5, 0.6) is 5.75 Å². The maximum absolute atomic E-state index is 12.3. The number of halogens is 4. The molecule has 8 heteroatoms. The Morgan fingerprint density at radius 3 is 2.65 bits per heavy atom. The van der Waals surface area contributed by atoms with Gasteiger partial charge in [-0.05, 0) is 34.1 Å². The van der Waals surface area contributed by atoms with Crippen molar-refractivity contribution >= 4 is 37.8 Å². The maximum Gasteiger partial charge on any atom is 0.260 e. The molecule has 0 atom stereocenters. The van der Waals surface area contributed by atoms with Gasteiger partial charge >= 0.3 is 0 Å². The van der Waals surface area contributed by atoms with Crippen molar-refractivity contribution in [3.63, 3.8) is 0 Å². The molecular formula is C12H13Br2F2NO3. The highest BCUT2D eigenvalue weighted by molar-refractivity contribution is 9.11. The molecule has 0 radical (unpaired) electrons. The Hall–Kier alpha value is -0.730. The Bertz CT molecular complexity index is 460. The number of carbonyl (C=O) groups excluding carboxylic acids is 1. The summed E-state index contributed by atoms with van der Waals surface area (Å²) in [5, 5.41) is 8.77. The van der Waals surface area contributed by atoms with E-state index in [0.717, 1.165) is 9.37 Å². The minimum absolute atomic E-state index is 0.145. The first-order chi connectivity index (χ1) is 9.43. The van der Waals surface area contributed by atoms with E-state index in [-0.39, 0.29) is 19.8 Å². The number of carbonyl (C=O) groups is 1. The van der Waals surface area contributed by atoms with Gasteiger partial charge in [-0.15, -0.1) is 0 Å². The fourth-order valence-corrected chi connectivity index (χ4v) is 2.59. The van der Waals surface area contributed by atoms with E-state index in [1.165, 1.54) is 0 Å². The molecule has 0 aliphatic heterocycles. The van der Waals surface area contributed by atoms with Crippen LogP contribution in [0.4, 0.5) is 8.78 Å². The highest BCUT2D eigenvalue weighted by Crippen LogP contribution is 2.28. The summed E-state index contributed by atoms with van der Waals surface area (Å²) in [7, 11) is 0. The fraction of sp³-hybridized carbons (Fsp3) is 0.417. The first kappa shape index (κ1) is 17.3. The molecular weight excluding hydrogens is 404 g/mol. The van der Waals surface area contributed by atoms with Crippen molar-refractivity contribution in [3.05, 3.63) is 27.1 Å². The number of alkyl halides is 2. The van der Waals surface area contributed by atoms with Crippen LogP contribution >= 0.6 is 31.9 Å². The second-order valence-electron chi connectivity index (χ2n) is 3.82. The molecule has 0 aliphatic rings. The van der Waals surface area contributed by atoms with E-state index in [9.17, 15) is 13.6 Å². The average Bonchev–Trinajstić information content (AvgIpc) is 2.36. The average molecular weight is 417 g/mol. The number of hydrogen-bond acceptors (Lipinski definition) is 3. The van der Waals surface area contributed by atoms with Crippen LogP contribution in [0.25, 0.3) is 0 Å². The van der Waals surface area contributed by atoms with Crippen LogP contribution in [0.3, 0.4) is 0 Å². The molecule has 0 fully saturated rings. The molecule has 20 heavy (non-hydrogen) atoms. The number of amides is 1. The van der Waals surface area contributed by atoms with E-state index in [2.05, 4.69) is 31.9 Å². The van der Waals surface area contributed by atoms with Gasteiger partial charge in [-0.25, -0.2) is 8.78 Å². The zero-order valence-electron chi connectivity index (χ0n) is 10.4. The van der Waals surface area contributed by atoms with E-state index in [1.54, 1.807) is 18.2 Å². The lowest BCUT2D eigenvalue weighted by Gasteiger charge is -2.21. The van der Waals surface area contributed by atoms with Crippen LogP contribution in [0.2, 0.25) is 0 Å². The minimum Gasteiger partial charge on any atom is -0.483 e. The number of aliphatic hydroxyl groups is 1.